The molecule has 0 amide bonds. The molecule has 0 unspecified atom stereocenters. The first-order valence-electron chi connectivity index (χ1n) is 4.03. The molecule has 0 spiro atoms. The summed E-state index contributed by atoms with van der Waals surface area (Å²) in [5, 5.41) is 8.86. The van der Waals surface area contributed by atoms with Gasteiger partial charge in [0.05, 0.1) is 19.4 Å². The van der Waals surface area contributed by atoms with E-state index < -0.39 is 13.0 Å². The van der Waals surface area contributed by atoms with Crippen molar-refractivity contribution in [3.8, 4) is 5.88 Å². The van der Waals surface area contributed by atoms with Crippen LogP contribution in [0.5, 0.6) is 5.88 Å². The Morgan fingerprint density at radius 1 is 1.57 bits per heavy atom. The number of pyridine rings is 1. The molecule has 1 rings (SSSR count). The van der Waals surface area contributed by atoms with Crippen molar-refractivity contribution in [1.82, 2.24) is 4.98 Å². The molecule has 0 atom stereocenters. The van der Waals surface area contributed by atoms with Gasteiger partial charge in [0.15, 0.2) is 0 Å². The van der Waals surface area contributed by atoms with Crippen molar-refractivity contribution in [3.05, 3.63) is 22.9 Å². The molecule has 5 heteroatoms. The smallest absolute Gasteiger partial charge is 0.265 e. The molecule has 0 aliphatic heterocycles. The van der Waals surface area contributed by atoms with Crippen LogP contribution in [0.1, 0.15) is 23.2 Å². The van der Waals surface area contributed by atoms with E-state index in [0.717, 1.165) is 0 Å². The zero-order chi connectivity index (χ0) is 10.7. The molecular weight excluding hydrogens is 192 g/mol. The lowest BCUT2D eigenvalue weighted by Gasteiger charge is -2.10. The van der Waals surface area contributed by atoms with Gasteiger partial charge in [0.2, 0.25) is 5.88 Å². The third-order valence-electron chi connectivity index (χ3n) is 1.90. The highest BCUT2D eigenvalue weighted by Gasteiger charge is 2.18. The van der Waals surface area contributed by atoms with Gasteiger partial charge in [-0.1, -0.05) is 0 Å². The first-order valence-corrected chi connectivity index (χ1v) is 4.03. The van der Waals surface area contributed by atoms with Crippen LogP contribution in [-0.2, 0) is 6.61 Å². The van der Waals surface area contributed by atoms with Crippen LogP contribution in [0, 0.1) is 6.92 Å². The number of aliphatic hydroxyl groups excluding tert-OH is 1. The second-order valence-corrected chi connectivity index (χ2v) is 2.80. The molecule has 0 aliphatic rings. The number of alkyl halides is 2. The normalized spacial score (nSPS) is 10.7. The number of hydrogen-bond acceptors (Lipinski definition) is 3. The van der Waals surface area contributed by atoms with Crippen molar-refractivity contribution in [2.75, 3.05) is 7.11 Å². The molecule has 0 saturated heterocycles. The molecule has 14 heavy (non-hydrogen) atoms. The van der Waals surface area contributed by atoms with Gasteiger partial charge in [-0.2, -0.15) is 0 Å². The lowest BCUT2D eigenvalue weighted by atomic mass is 10.1. The van der Waals surface area contributed by atoms with Gasteiger partial charge in [0.25, 0.3) is 6.43 Å². The van der Waals surface area contributed by atoms with Gasteiger partial charge in [-0.15, -0.1) is 0 Å². The highest BCUT2D eigenvalue weighted by atomic mass is 19.3. The number of hydrogen-bond donors (Lipinski definition) is 1. The Labute approximate surface area is 80.3 Å². The van der Waals surface area contributed by atoms with E-state index in [4.69, 9.17) is 9.84 Å². The number of methoxy groups -OCH3 is 1. The third kappa shape index (κ3) is 1.98. The third-order valence-corrected chi connectivity index (χ3v) is 1.90. The van der Waals surface area contributed by atoms with Crippen molar-refractivity contribution in [1.29, 1.82) is 0 Å². The summed E-state index contributed by atoms with van der Waals surface area (Å²) in [5.74, 6) is 0.232. The van der Waals surface area contributed by atoms with Gasteiger partial charge in [-0.05, 0) is 12.5 Å². The first kappa shape index (κ1) is 10.8. The topological polar surface area (TPSA) is 42.4 Å². The number of nitrogens with zero attached hydrogens (tertiary/aromatic N) is 1. The van der Waals surface area contributed by atoms with Crippen LogP contribution in [0.25, 0.3) is 0 Å². The van der Waals surface area contributed by atoms with Crippen LogP contribution in [0.4, 0.5) is 8.78 Å². The lowest BCUT2D eigenvalue weighted by Crippen LogP contribution is -2.03. The van der Waals surface area contributed by atoms with E-state index in [2.05, 4.69) is 4.98 Å². The van der Waals surface area contributed by atoms with E-state index in [1.165, 1.54) is 20.1 Å². The summed E-state index contributed by atoms with van der Waals surface area (Å²) < 4.78 is 29.8. The van der Waals surface area contributed by atoms with Crippen molar-refractivity contribution in [2.24, 2.45) is 0 Å². The van der Waals surface area contributed by atoms with Crippen molar-refractivity contribution >= 4 is 0 Å². The van der Waals surface area contributed by atoms with Crippen LogP contribution in [-0.4, -0.2) is 17.2 Å². The Morgan fingerprint density at radius 3 is 2.64 bits per heavy atom. The summed E-state index contributed by atoms with van der Waals surface area (Å²) in [6, 6.07) is 1.42. The van der Waals surface area contributed by atoms with E-state index in [1.807, 2.05) is 0 Å². The molecule has 78 valence electrons. The van der Waals surface area contributed by atoms with Crippen LogP contribution in [0.15, 0.2) is 6.07 Å². The Hall–Kier alpha value is -1.23. The fraction of sp³-hybridized carbons (Fsp3) is 0.444. The Balaban J connectivity index is 3.27. The minimum atomic E-state index is -2.63. The molecule has 1 N–H and O–H groups in total. The first-order chi connectivity index (χ1) is 6.60. The SMILES string of the molecule is COc1cc(C)c(C(F)F)c(CO)n1. The number of ether oxygens (including phenoxy) is 1. The van der Waals surface area contributed by atoms with E-state index in [9.17, 15) is 8.78 Å². The predicted molar refractivity (Wildman–Crippen MR) is 46.4 cm³/mol. The van der Waals surface area contributed by atoms with E-state index >= 15 is 0 Å². The minimum absolute atomic E-state index is 0.0307. The van der Waals surface area contributed by atoms with Gasteiger partial charge in [0.1, 0.15) is 0 Å². The van der Waals surface area contributed by atoms with Gasteiger partial charge < -0.3 is 9.84 Å². The summed E-state index contributed by atoms with van der Waals surface area (Å²) in [4.78, 5) is 3.74. The standard InChI is InChI=1S/C9H11F2NO2/c1-5-3-7(14-2)12-6(4-13)8(5)9(10)11/h3,9,13H,4H2,1-2H3. The Bertz CT molecular complexity index is 329. The summed E-state index contributed by atoms with van der Waals surface area (Å²) in [6.45, 7) is 1.02. The minimum Gasteiger partial charge on any atom is -0.481 e. The van der Waals surface area contributed by atoms with E-state index in [0.29, 0.717) is 5.56 Å². The molecule has 0 fully saturated rings. The highest BCUT2D eigenvalue weighted by molar-refractivity contribution is 5.34. The molecule has 0 saturated carbocycles. The van der Waals surface area contributed by atoms with E-state index in [-0.39, 0.29) is 17.1 Å². The molecule has 0 bridgehead atoms. The molecule has 1 aromatic rings. The Kier molecular flexibility index (Phi) is 3.35. The van der Waals surface area contributed by atoms with Crippen LogP contribution < -0.4 is 4.74 Å². The maximum atomic E-state index is 12.5. The molecule has 1 aromatic heterocycles. The number of aliphatic hydroxyl groups is 1. The summed E-state index contributed by atoms with van der Waals surface area (Å²) in [7, 11) is 1.39. The van der Waals surface area contributed by atoms with Crippen LogP contribution in [0.2, 0.25) is 0 Å². The maximum absolute atomic E-state index is 12.5. The lowest BCUT2D eigenvalue weighted by molar-refractivity contribution is 0.145. The number of aryl methyl sites for hydroxylation is 1. The molecule has 0 aromatic carbocycles. The molecule has 3 nitrogen and oxygen atoms in total. The zero-order valence-corrected chi connectivity index (χ0v) is 7.92. The average molecular weight is 203 g/mol. The Morgan fingerprint density at radius 2 is 2.21 bits per heavy atom. The second kappa shape index (κ2) is 4.32. The second-order valence-electron chi connectivity index (χ2n) is 2.80. The summed E-state index contributed by atoms with van der Waals surface area (Å²) >= 11 is 0. The number of aromatic nitrogens is 1. The zero-order valence-electron chi connectivity index (χ0n) is 7.92. The van der Waals surface area contributed by atoms with Gasteiger partial charge in [-0.3, -0.25) is 0 Å². The predicted octanol–water partition coefficient (Wildman–Crippen LogP) is 1.83. The summed E-state index contributed by atoms with van der Waals surface area (Å²) in [6.07, 6.45) is -2.63. The van der Waals surface area contributed by atoms with Gasteiger partial charge >= 0.3 is 0 Å². The maximum Gasteiger partial charge on any atom is 0.265 e. The van der Waals surface area contributed by atoms with Gasteiger partial charge in [0, 0.05) is 11.6 Å². The largest absolute Gasteiger partial charge is 0.481 e. The van der Waals surface area contributed by atoms with Gasteiger partial charge in [-0.25, -0.2) is 13.8 Å². The highest BCUT2D eigenvalue weighted by Crippen LogP contribution is 2.27. The van der Waals surface area contributed by atoms with E-state index in [1.54, 1.807) is 0 Å². The number of rotatable bonds is 3. The van der Waals surface area contributed by atoms with Crippen molar-refractivity contribution < 1.29 is 18.6 Å². The fourth-order valence-corrected chi connectivity index (χ4v) is 1.24. The number of halogens is 2. The molecule has 1 heterocycles. The summed E-state index contributed by atoms with van der Waals surface area (Å²) in [5.41, 5.74) is 0.126. The molecule has 0 aliphatic carbocycles. The molecule has 0 radical (unpaired) electrons. The quantitative estimate of drug-likeness (QED) is 0.814. The van der Waals surface area contributed by atoms with Crippen LogP contribution in [0.3, 0.4) is 0 Å². The van der Waals surface area contributed by atoms with Crippen molar-refractivity contribution in [3.63, 3.8) is 0 Å². The van der Waals surface area contributed by atoms with Crippen LogP contribution >= 0.6 is 0 Å². The molecular formula is C9H11F2NO2. The average Bonchev–Trinajstić information content (AvgIpc) is 2.15. The van der Waals surface area contributed by atoms with Crippen molar-refractivity contribution in [2.45, 2.75) is 20.0 Å². The monoisotopic (exact) mass is 203 g/mol. The fourth-order valence-electron chi connectivity index (χ4n) is 1.24.